The zero-order valence-electron chi connectivity index (χ0n) is 11.6. The van der Waals surface area contributed by atoms with Crippen LogP contribution in [0.15, 0.2) is 30.6 Å². The zero-order valence-corrected chi connectivity index (χ0v) is 11.6. The van der Waals surface area contributed by atoms with Gasteiger partial charge in [0, 0.05) is 31.6 Å². The van der Waals surface area contributed by atoms with Crippen LogP contribution in [0.2, 0.25) is 0 Å². The third kappa shape index (κ3) is 6.69. The van der Waals surface area contributed by atoms with E-state index >= 15 is 0 Å². The Morgan fingerprint density at radius 1 is 1.58 bits per heavy atom. The Balaban J connectivity index is 2.42. The van der Waals surface area contributed by atoms with Crippen molar-refractivity contribution in [3.8, 4) is 0 Å². The second-order valence-electron chi connectivity index (χ2n) is 5.07. The fraction of sp³-hybridized carbons (Fsp3) is 0.429. The highest BCUT2D eigenvalue weighted by atomic mass is 16.3. The highest BCUT2D eigenvalue weighted by Gasteiger charge is 2.21. The minimum Gasteiger partial charge on any atom is -0.387 e. The summed E-state index contributed by atoms with van der Waals surface area (Å²) >= 11 is 0. The molecule has 0 fully saturated rings. The lowest BCUT2D eigenvalue weighted by Gasteiger charge is -2.26. The fourth-order valence-corrected chi connectivity index (χ4v) is 1.72. The lowest BCUT2D eigenvalue weighted by Crippen LogP contribution is -2.46. The van der Waals surface area contributed by atoms with E-state index in [1.54, 1.807) is 31.5 Å². The van der Waals surface area contributed by atoms with Crippen molar-refractivity contribution in [3.05, 3.63) is 36.2 Å². The Kier molecular flexibility index (Phi) is 5.66. The number of aromatic nitrogens is 1. The molecule has 0 spiro atoms. The van der Waals surface area contributed by atoms with E-state index in [1.807, 2.05) is 25.1 Å². The van der Waals surface area contributed by atoms with Crippen LogP contribution in [-0.4, -0.2) is 53.7 Å². The Morgan fingerprint density at radius 3 is 2.89 bits per heavy atom. The number of hydrogen-bond acceptors (Lipinski definition) is 4. The first kappa shape index (κ1) is 15.3. The van der Waals surface area contributed by atoms with Gasteiger partial charge in [-0.2, -0.15) is 0 Å². The van der Waals surface area contributed by atoms with E-state index in [2.05, 4.69) is 10.3 Å². The second kappa shape index (κ2) is 7.01. The van der Waals surface area contributed by atoms with Crippen LogP contribution in [0.25, 0.3) is 6.08 Å². The first-order valence-corrected chi connectivity index (χ1v) is 6.12. The van der Waals surface area contributed by atoms with Gasteiger partial charge < -0.3 is 15.3 Å². The molecule has 0 saturated carbocycles. The van der Waals surface area contributed by atoms with E-state index in [0.29, 0.717) is 6.54 Å². The van der Waals surface area contributed by atoms with Gasteiger partial charge in [0.1, 0.15) is 0 Å². The predicted octanol–water partition coefficient (Wildman–Crippen LogP) is 0.524. The topological polar surface area (TPSA) is 65.5 Å². The summed E-state index contributed by atoms with van der Waals surface area (Å²) in [5, 5.41) is 12.7. The molecule has 0 radical (unpaired) electrons. The molecule has 2 N–H and O–H groups in total. The number of hydrogen-bond donors (Lipinski definition) is 2. The summed E-state index contributed by atoms with van der Waals surface area (Å²) in [6.45, 7) is 2.39. The highest BCUT2D eigenvalue weighted by Crippen LogP contribution is 2.03. The van der Waals surface area contributed by atoms with E-state index in [4.69, 9.17) is 0 Å². The van der Waals surface area contributed by atoms with Gasteiger partial charge in [0.15, 0.2) is 0 Å². The normalized spacial score (nSPS) is 14.6. The number of carbonyl (C=O) groups excluding carboxylic acids is 1. The summed E-state index contributed by atoms with van der Waals surface area (Å²) in [7, 11) is 3.75. The van der Waals surface area contributed by atoms with Gasteiger partial charge in [-0.05, 0) is 38.7 Å². The van der Waals surface area contributed by atoms with Crippen LogP contribution in [-0.2, 0) is 4.79 Å². The number of likely N-dealkylation sites (N-methyl/N-ethyl adjacent to an activating group) is 1. The van der Waals surface area contributed by atoms with Crippen LogP contribution >= 0.6 is 0 Å². The number of amides is 1. The molecule has 1 unspecified atom stereocenters. The van der Waals surface area contributed by atoms with E-state index < -0.39 is 5.60 Å². The van der Waals surface area contributed by atoms with Crippen LogP contribution in [0.4, 0.5) is 0 Å². The van der Waals surface area contributed by atoms with Gasteiger partial charge in [-0.3, -0.25) is 9.78 Å². The third-order valence-corrected chi connectivity index (χ3v) is 2.41. The zero-order chi connectivity index (χ0) is 14.3. The molecular weight excluding hydrogens is 242 g/mol. The predicted molar refractivity (Wildman–Crippen MR) is 75.5 cm³/mol. The Bertz CT molecular complexity index is 428. The average molecular weight is 263 g/mol. The quantitative estimate of drug-likeness (QED) is 0.735. The van der Waals surface area contributed by atoms with E-state index in [0.717, 1.165) is 5.56 Å². The van der Waals surface area contributed by atoms with Gasteiger partial charge in [0.25, 0.3) is 0 Å². The molecule has 0 bridgehead atoms. The van der Waals surface area contributed by atoms with Gasteiger partial charge in [-0.25, -0.2) is 0 Å². The van der Waals surface area contributed by atoms with Crippen molar-refractivity contribution in [2.45, 2.75) is 12.5 Å². The summed E-state index contributed by atoms with van der Waals surface area (Å²) in [6.07, 6.45) is 6.47. The molecule has 1 atom stereocenters. The maximum Gasteiger partial charge on any atom is 0.244 e. The molecule has 1 aromatic rings. The molecule has 5 heteroatoms. The van der Waals surface area contributed by atoms with Gasteiger partial charge in [-0.1, -0.05) is 6.07 Å². The molecule has 0 aliphatic rings. The van der Waals surface area contributed by atoms with Gasteiger partial charge in [0.05, 0.1) is 5.60 Å². The summed E-state index contributed by atoms with van der Waals surface area (Å²) in [5.74, 6) is -0.233. The molecule has 5 nitrogen and oxygen atoms in total. The summed E-state index contributed by atoms with van der Waals surface area (Å²) in [5.41, 5.74) is -0.0842. The van der Waals surface area contributed by atoms with Crippen LogP contribution in [0.3, 0.4) is 0 Å². The number of aliphatic hydroxyl groups is 1. The van der Waals surface area contributed by atoms with Crippen LogP contribution < -0.4 is 5.32 Å². The Hall–Kier alpha value is -1.72. The number of nitrogens with one attached hydrogen (secondary N) is 1. The lowest BCUT2D eigenvalue weighted by molar-refractivity contribution is -0.117. The summed E-state index contributed by atoms with van der Waals surface area (Å²) < 4.78 is 0. The third-order valence-electron chi connectivity index (χ3n) is 2.41. The van der Waals surface area contributed by atoms with Crippen molar-refractivity contribution in [1.29, 1.82) is 0 Å². The average Bonchev–Trinajstić information content (AvgIpc) is 2.34. The Morgan fingerprint density at radius 2 is 2.32 bits per heavy atom. The lowest BCUT2D eigenvalue weighted by atomic mass is 10.1. The van der Waals surface area contributed by atoms with Crippen molar-refractivity contribution in [2.75, 3.05) is 27.2 Å². The van der Waals surface area contributed by atoms with Gasteiger partial charge in [-0.15, -0.1) is 0 Å². The maximum atomic E-state index is 11.6. The smallest absolute Gasteiger partial charge is 0.244 e. The van der Waals surface area contributed by atoms with Crippen molar-refractivity contribution in [1.82, 2.24) is 15.2 Å². The molecule has 1 aromatic heterocycles. The maximum absolute atomic E-state index is 11.6. The van der Waals surface area contributed by atoms with Crippen molar-refractivity contribution in [3.63, 3.8) is 0 Å². The van der Waals surface area contributed by atoms with Gasteiger partial charge >= 0.3 is 0 Å². The molecule has 0 aromatic carbocycles. The molecule has 1 heterocycles. The fourth-order valence-electron chi connectivity index (χ4n) is 1.72. The first-order valence-electron chi connectivity index (χ1n) is 6.12. The monoisotopic (exact) mass is 263 g/mol. The largest absolute Gasteiger partial charge is 0.387 e. The highest BCUT2D eigenvalue weighted by molar-refractivity contribution is 5.91. The molecular formula is C14H21N3O2. The van der Waals surface area contributed by atoms with E-state index in [1.165, 1.54) is 6.08 Å². The molecule has 0 aliphatic heterocycles. The summed E-state index contributed by atoms with van der Waals surface area (Å²) in [6, 6.07) is 3.67. The van der Waals surface area contributed by atoms with Crippen LogP contribution in [0.1, 0.15) is 12.5 Å². The van der Waals surface area contributed by atoms with Crippen LogP contribution in [0, 0.1) is 0 Å². The number of nitrogens with zero attached hydrogens (tertiary/aromatic N) is 2. The SMILES string of the molecule is CN(C)CC(C)(O)CNC(=O)/C=C/c1cccnc1. The van der Waals surface area contributed by atoms with Crippen molar-refractivity contribution >= 4 is 12.0 Å². The molecule has 104 valence electrons. The molecule has 0 aliphatic carbocycles. The second-order valence-corrected chi connectivity index (χ2v) is 5.07. The number of pyridine rings is 1. The standard InChI is InChI=1S/C14H21N3O2/c1-14(19,11-17(2)3)10-16-13(18)7-6-12-5-4-8-15-9-12/h4-9,19H,10-11H2,1-3H3,(H,16,18)/b7-6+. The van der Waals surface area contributed by atoms with E-state index in [-0.39, 0.29) is 12.5 Å². The van der Waals surface area contributed by atoms with E-state index in [9.17, 15) is 9.90 Å². The van der Waals surface area contributed by atoms with Crippen molar-refractivity contribution < 1.29 is 9.90 Å². The van der Waals surface area contributed by atoms with Gasteiger partial charge in [0.2, 0.25) is 5.91 Å². The Labute approximate surface area is 114 Å². The molecule has 19 heavy (non-hydrogen) atoms. The number of carbonyl (C=O) groups is 1. The summed E-state index contributed by atoms with van der Waals surface area (Å²) in [4.78, 5) is 17.4. The first-order chi connectivity index (χ1) is 8.89. The van der Waals surface area contributed by atoms with Crippen molar-refractivity contribution in [2.24, 2.45) is 0 Å². The minimum absolute atomic E-state index is 0.210. The number of rotatable bonds is 6. The van der Waals surface area contributed by atoms with Crippen LogP contribution in [0.5, 0.6) is 0 Å². The molecule has 0 saturated heterocycles. The molecule has 1 rings (SSSR count). The molecule has 1 amide bonds. The minimum atomic E-state index is -0.943.